The number of hydrogen-bond acceptors (Lipinski definition) is 2. The first kappa shape index (κ1) is 14.5. The molecule has 3 nitrogen and oxygen atoms in total. The van der Waals surface area contributed by atoms with Crippen molar-refractivity contribution in [2.45, 2.75) is 65.5 Å². The minimum Gasteiger partial charge on any atom is -0.355 e. The summed E-state index contributed by atoms with van der Waals surface area (Å²) in [6, 6.07) is 0.445. The zero-order valence-corrected chi connectivity index (χ0v) is 11.8. The number of likely N-dealkylation sites (N-methyl/N-ethyl adjacent to an activating group) is 1. The molecule has 1 saturated carbocycles. The summed E-state index contributed by atoms with van der Waals surface area (Å²) in [5.41, 5.74) is 0. The van der Waals surface area contributed by atoms with E-state index in [1.165, 1.54) is 25.7 Å². The first-order valence-corrected chi connectivity index (χ1v) is 7.10. The van der Waals surface area contributed by atoms with Crippen LogP contribution in [0.3, 0.4) is 0 Å². The first-order valence-electron chi connectivity index (χ1n) is 7.10. The maximum atomic E-state index is 11.7. The van der Waals surface area contributed by atoms with Crippen molar-refractivity contribution in [3.63, 3.8) is 0 Å². The second-order valence-electron chi connectivity index (χ2n) is 5.58. The van der Waals surface area contributed by atoms with Gasteiger partial charge in [0.15, 0.2) is 0 Å². The van der Waals surface area contributed by atoms with Crippen LogP contribution in [0.4, 0.5) is 0 Å². The van der Waals surface area contributed by atoms with Gasteiger partial charge in [-0.15, -0.1) is 0 Å². The Kier molecular flexibility index (Phi) is 5.96. The molecular formula is C14H28N2O. The number of carbonyl (C=O) groups is 1. The van der Waals surface area contributed by atoms with Crippen molar-refractivity contribution in [1.82, 2.24) is 10.6 Å². The summed E-state index contributed by atoms with van der Waals surface area (Å²) in [4.78, 5) is 11.7. The van der Waals surface area contributed by atoms with Crippen molar-refractivity contribution >= 4 is 5.91 Å². The largest absolute Gasteiger partial charge is 0.355 e. The van der Waals surface area contributed by atoms with E-state index in [2.05, 4.69) is 24.5 Å². The second-order valence-corrected chi connectivity index (χ2v) is 5.58. The van der Waals surface area contributed by atoms with Crippen LogP contribution in [0.15, 0.2) is 0 Å². The summed E-state index contributed by atoms with van der Waals surface area (Å²) in [6.45, 7) is 9.23. The van der Waals surface area contributed by atoms with Crippen LogP contribution in [0.2, 0.25) is 0 Å². The lowest BCUT2D eigenvalue weighted by atomic mass is 9.77. The van der Waals surface area contributed by atoms with Crippen LogP contribution in [-0.4, -0.2) is 24.5 Å². The molecule has 2 N–H and O–H groups in total. The molecule has 1 aliphatic carbocycles. The molecule has 0 radical (unpaired) electrons. The molecule has 3 unspecified atom stereocenters. The lowest BCUT2D eigenvalue weighted by Gasteiger charge is -2.36. The van der Waals surface area contributed by atoms with Crippen LogP contribution in [0, 0.1) is 11.8 Å². The topological polar surface area (TPSA) is 41.1 Å². The van der Waals surface area contributed by atoms with Gasteiger partial charge < -0.3 is 10.6 Å². The van der Waals surface area contributed by atoms with E-state index in [-0.39, 0.29) is 11.9 Å². The summed E-state index contributed by atoms with van der Waals surface area (Å²) in [5, 5.41) is 6.40. The summed E-state index contributed by atoms with van der Waals surface area (Å²) in [5.74, 6) is 1.55. The molecule has 0 saturated heterocycles. The summed E-state index contributed by atoms with van der Waals surface area (Å²) in [7, 11) is 0. The molecular weight excluding hydrogens is 212 g/mol. The summed E-state index contributed by atoms with van der Waals surface area (Å²) >= 11 is 0. The molecule has 0 aromatic heterocycles. The SMILES string of the molecule is CCNC(=O)C(C)NC1CCCCC1C(C)C. The predicted octanol–water partition coefficient (Wildman–Crippen LogP) is 2.32. The van der Waals surface area contributed by atoms with E-state index in [4.69, 9.17) is 0 Å². The Balaban J connectivity index is 2.49. The number of rotatable bonds is 5. The first-order chi connectivity index (χ1) is 8.06. The molecule has 0 heterocycles. The van der Waals surface area contributed by atoms with Crippen molar-refractivity contribution < 1.29 is 4.79 Å². The second kappa shape index (κ2) is 7.00. The third kappa shape index (κ3) is 4.30. The zero-order valence-electron chi connectivity index (χ0n) is 11.8. The molecule has 0 bridgehead atoms. The van der Waals surface area contributed by atoms with Gasteiger partial charge in [0.1, 0.15) is 0 Å². The smallest absolute Gasteiger partial charge is 0.236 e. The van der Waals surface area contributed by atoms with Gasteiger partial charge in [0.2, 0.25) is 5.91 Å². The normalized spacial score (nSPS) is 26.9. The Hall–Kier alpha value is -0.570. The van der Waals surface area contributed by atoms with Crippen molar-refractivity contribution in [3.8, 4) is 0 Å². The van der Waals surface area contributed by atoms with Crippen molar-refractivity contribution in [2.24, 2.45) is 11.8 Å². The highest BCUT2D eigenvalue weighted by atomic mass is 16.2. The van der Waals surface area contributed by atoms with Gasteiger partial charge in [-0.05, 0) is 38.5 Å². The third-order valence-electron chi connectivity index (χ3n) is 3.88. The Labute approximate surface area is 106 Å². The van der Waals surface area contributed by atoms with Gasteiger partial charge in [-0.25, -0.2) is 0 Å². The minimum atomic E-state index is -0.0701. The molecule has 0 aromatic carbocycles. The zero-order chi connectivity index (χ0) is 12.8. The van der Waals surface area contributed by atoms with E-state index in [1.54, 1.807) is 0 Å². The monoisotopic (exact) mass is 240 g/mol. The quantitative estimate of drug-likeness (QED) is 0.774. The molecule has 17 heavy (non-hydrogen) atoms. The molecule has 3 heteroatoms. The predicted molar refractivity (Wildman–Crippen MR) is 71.9 cm³/mol. The lowest BCUT2D eigenvalue weighted by molar-refractivity contribution is -0.123. The maximum absolute atomic E-state index is 11.7. The Morgan fingerprint density at radius 2 is 1.88 bits per heavy atom. The van der Waals surface area contributed by atoms with Crippen LogP contribution in [-0.2, 0) is 4.79 Å². The fourth-order valence-electron chi connectivity index (χ4n) is 2.89. The van der Waals surface area contributed by atoms with E-state index in [0.29, 0.717) is 18.5 Å². The van der Waals surface area contributed by atoms with Gasteiger partial charge >= 0.3 is 0 Å². The van der Waals surface area contributed by atoms with E-state index in [1.807, 2.05) is 13.8 Å². The standard InChI is InChI=1S/C14H28N2O/c1-5-15-14(17)11(4)16-13-9-7-6-8-12(13)10(2)3/h10-13,16H,5-9H2,1-4H3,(H,15,17). The summed E-state index contributed by atoms with van der Waals surface area (Å²) in [6.07, 6.45) is 5.16. The average molecular weight is 240 g/mol. The highest BCUT2D eigenvalue weighted by Crippen LogP contribution is 2.30. The molecule has 1 fully saturated rings. The lowest BCUT2D eigenvalue weighted by Crippen LogP contribution is -2.50. The Morgan fingerprint density at radius 3 is 2.47 bits per heavy atom. The van der Waals surface area contributed by atoms with Gasteiger partial charge in [-0.3, -0.25) is 4.79 Å². The van der Waals surface area contributed by atoms with E-state index in [0.717, 1.165) is 5.92 Å². The fraction of sp³-hybridized carbons (Fsp3) is 0.929. The highest BCUT2D eigenvalue weighted by Gasteiger charge is 2.29. The Morgan fingerprint density at radius 1 is 1.24 bits per heavy atom. The van der Waals surface area contributed by atoms with Gasteiger partial charge in [0.05, 0.1) is 6.04 Å². The van der Waals surface area contributed by atoms with Crippen LogP contribution >= 0.6 is 0 Å². The minimum absolute atomic E-state index is 0.0701. The molecule has 1 amide bonds. The van der Waals surface area contributed by atoms with Crippen LogP contribution in [0.25, 0.3) is 0 Å². The van der Waals surface area contributed by atoms with Crippen LogP contribution in [0.5, 0.6) is 0 Å². The van der Waals surface area contributed by atoms with Crippen LogP contribution in [0.1, 0.15) is 53.4 Å². The molecule has 1 rings (SSSR count). The van der Waals surface area contributed by atoms with Crippen molar-refractivity contribution in [1.29, 1.82) is 0 Å². The molecule has 100 valence electrons. The van der Waals surface area contributed by atoms with Crippen molar-refractivity contribution in [2.75, 3.05) is 6.54 Å². The van der Waals surface area contributed by atoms with E-state index >= 15 is 0 Å². The van der Waals surface area contributed by atoms with Gasteiger partial charge in [0, 0.05) is 12.6 Å². The van der Waals surface area contributed by atoms with Crippen molar-refractivity contribution in [3.05, 3.63) is 0 Å². The average Bonchev–Trinajstić information content (AvgIpc) is 2.29. The van der Waals surface area contributed by atoms with Gasteiger partial charge in [0.25, 0.3) is 0 Å². The number of nitrogens with one attached hydrogen (secondary N) is 2. The number of hydrogen-bond donors (Lipinski definition) is 2. The van der Waals surface area contributed by atoms with Gasteiger partial charge in [-0.1, -0.05) is 26.7 Å². The molecule has 0 aliphatic heterocycles. The summed E-state index contributed by atoms with van der Waals surface area (Å²) < 4.78 is 0. The molecule has 1 aliphatic rings. The maximum Gasteiger partial charge on any atom is 0.236 e. The number of carbonyl (C=O) groups excluding carboxylic acids is 1. The number of amides is 1. The molecule has 0 aromatic rings. The van der Waals surface area contributed by atoms with Crippen LogP contribution < -0.4 is 10.6 Å². The third-order valence-corrected chi connectivity index (χ3v) is 3.88. The Bertz CT molecular complexity index is 240. The fourth-order valence-corrected chi connectivity index (χ4v) is 2.89. The van der Waals surface area contributed by atoms with E-state index < -0.39 is 0 Å². The van der Waals surface area contributed by atoms with Gasteiger partial charge in [-0.2, -0.15) is 0 Å². The highest BCUT2D eigenvalue weighted by molar-refractivity contribution is 5.81. The molecule has 0 spiro atoms. The van der Waals surface area contributed by atoms with E-state index in [9.17, 15) is 4.79 Å². The molecule has 3 atom stereocenters.